The van der Waals surface area contributed by atoms with E-state index in [4.69, 9.17) is 10.5 Å². The van der Waals surface area contributed by atoms with Crippen LogP contribution in [-0.2, 0) is 25.6 Å². The SMILES string of the molecule is COC(=O)c1sc(N)c(C(=O)OC)c1COC(=O)CCN1C(=O)c2cccc([N+](=O)[O-])c2C1=O. The Bertz CT molecular complexity index is 1240. The molecule has 13 nitrogen and oxygen atoms in total. The van der Waals surface area contributed by atoms with Crippen molar-refractivity contribution in [2.24, 2.45) is 0 Å². The average Bonchev–Trinajstić information content (AvgIpc) is 3.28. The van der Waals surface area contributed by atoms with Crippen LogP contribution in [0.25, 0.3) is 0 Å². The second-order valence-corrected chi connectivity index (χ2v) is 7.81. The van der Waals surface area contributed by atoms with Crippen LogP contribution in [-0.4, -0.2) is 60.3 Å². The molecule has 1 aromatic heterocycles. The van der Waals surface area contributed by atoms with Crippen molar-refractivity contribution in [3.63, 3.8) is 0 Å². The van der Waals surface area contributed by atoms with Crippen LogP contribution in [0.15, 0.2) is 18.2 Å². The molecule has 0 radical (unpaired) electrons. The third-order valence-corrected chi connectivity index (χ3v) is 5.93. The van der Waals surface area contributed by atoms with Crippen LogP contribution in [0.4, 0.5) is 10.7 Å². The Morgan fingerprint density at radius 2 is 1.79 bits per heavy atom. The van der Waals surface area contributed by atoms with Gasteiger partial charge < -0.3 is 19.9 Å². The lowest BCUT2D eigenvalue weighted by molar-refractivity contribution is -0.385. The molecule has 0 saturated carbocycles. The largest absolute Gasteiger partial charge is 0.465 e. The molecule has 0 fully saturated rings. The zero-order valence-corrected chi connectivity index (χ0v) is 18.6. The van der Waals surface area contributed by atoms with Crippen molar-refractivity contribution < 1.29 is 43.1 Å². The van der Waals surface area contributed by atoms with Gasteiger partial charge >= 0.3 is 17.9 Å². The Morgan fingerprint density at radius 1 is 1.12 bits per heavy atom. The van der Waals surface area contributed by atoms with Crippen LogP contribution in [0.2, 0.25) is 0 Å². The Hall–Kier alpha value is -4.33. The molecule has 2 amide bonds. The van der Waals surface area contributed by atoms with Gasteiger partial charge in [-0.3, -0.25) is 29.4 Å². The van der Waals surface area contributed by atoms with E-state index in [9.17, 15) is 34.1 Å². The van der Waals surface area contributed by atoms with Crippen LogP contribution in [0.3, 0.4) is 0 Å². The summed E-state index contributed by atoms with van der Waals surface area (Å²) in [6.45, 7) is -0.934. The number of rotatable bonds is 8. The Labute approximate surface area is 195 Å². The number of nitrogens with zero attached hydrogens (tertiary/aromatic N) is 2. The van der Waals surface area contributed by atoms with Crippen LogP contribution >= 0.6 is 11.3 Å². The first-order chi connectivity index (χ1) is 16.1. The number of fused-ring (bicyclic) bond motifs is 1. The number of thiophene rings is 1. The molecule has 178 valence electrons. The van der Waals surface area contributed by atoms with E-state index in [0.29, 0.717) is 4.90 Å². The summed E-state index contributed by atoms with van der Waals surface area (Å²) in [5, 5.41) is 11.1. The number of amides is 2. The summed E-state index contributed by atoms with van der Waals surface area (Å²) < 4.78 is 14.4. The molecule has 0 bridgehead atoms. The average molecular weight is 491 g/mol. The van der Waals surface area contributed by atoms with Gasteiger partial charge in [-0.2, -0.15) is 0 Å². The maximum atomic E-state index is 12.6. The number of hydrogen-bond acceptors (Lipinski definition) is 12. The number of nitrogens with two attached hydrogens (primary N) is 1. The number of benzene rings is 1. The second-order valence-electron chi connectivity index (χ2n) is 6.76. The van der Waals surface area contributed by atoms with E-state index in [1.165, 1.54) is 12.1 Å². The van der Waals surface area contributed by atoms with E-state index in [1.54, 1.807) is 0 Å². The molecule has 34 heavy (non-hydrogen) atoms. The van der Waals surface area contributed by atoms with Gasteiger partial charge in [-0.15, -0.1) is 11.3 Å². The Balaban J connectivity index is 1.71. The van der Waals surface area contributed by atoms with Crippen molar-refractivity contribution >= 4 is 51.7 Å². The third kappa shape index (κ3) is 4.30. The first-order valence-electron chi connectivity index (χ1n) is 9.49. The number of nitrogen functional groups attached to an aromatic ring is 1. The number of nitro groups is 1. The molecule has 14 heteroatoms. The first-order valence-corrected chi connectivity index (χ1v) is 10.3. The van der Waals surface area contributed by atoms with Gasteiger partial charge in [0.2, 0.25) is 0 Å². The van der Waals surface area contributed by atoms with E-state index in [0.717, 1.165) is 31.6 Å². The van der Waals surface area contributed by atoms with E-state index >= 15 is 0 Å². The van der Waals surface area contributed by atoms with Crippen LogP contribution < -0.4 is 5.73 Å². The molecule has 1 aliphatic heterocycles. The van der Waals surface area contributed by atoms with Crippen molar-refractivity contribution in [3.8, 4) is 0 Å². The summed E-state index contributed by atoms with van der Waals surface area (Å²) in [6.07, 6.45) is -0.444. The molecule has 3 rings (SSSR count). The number of imide groups is 1. The molecule has 2 N–H and O–H groups in total. The lowest BCUT2D eigenvalue weighted by atomic mass is 10.1. The monoisotopic (exact) mass is 491 g/mol. The fourth-order valence-electron chi connectivity index (χ4n) is 3.30. The fraction of sp³-hybridized carbons (Fsp3) is 0.250. The maximum absolute atomic E-state index is 12.6. The highest BCUT2D eigenvalue weighted by atomic mass is 32.1. The zero-order chi connectivity index (χ0) is 25.2. The quantitative estimate of drug-likeness (QED) is 0.186. The normalized spacial score (nSPS) is 12.4. The lowest BCUT2D eigenvalue weighted by Crippen LogP contribution is -2.32. The van der Waals surface area contributed by atoms with E-state index in [1.807, 2.05) is 0 Å². The Morgan fingerprint density at radius 3 is 2.41 bits per heavy atom. The third-order valence-electron chi connectivity index (χ3n) is 4.89. The minimum absolute atomic E-state index is 0.00842. The summed E-state index contributed by atoms with van der Waals surface area (Å²) in [7, 11) is 2.23. The highest BCUT2D eigenvalue weighted by Crippen LogP contribution is 2.33. The van der Waals surface area contributed by atoms with E-state index in [-0.39, 0.29) is 32.1 Å². The lowest BCUT2D eigenvalue weighted by Gasteiger charge is -2.13. The fourth-order valence-corrected chi connectivity index (χ4v) is 4.28. The number of esters is 3. The number of nitro benzene ring substituents is 1. The predicted octanol–water partition coefficient (Wildman–Crippen LogP) is 1.54. The zero-order valence-electron chi connectivity index (χ0n) is 17.8. The van der Waals surface area contributed by atoms with Crippen LogP contribution in [0.1, 0.15) is 52.7 Å². The number of methoxy groups -OCH3 is 2. The number of carbonyl (C=O) groups is 5. The molecule has 1 aliphatic rings. The predicted molar refractivity (Wildman–Crippen MR) is 114 cm³/mol. The number of anilines is 1. The van der Waals surface area contributed by atoms with E-state index < -0.39 is 59.9 Å². The van der Waals surface area contributed by atoms with Crippen molar-refractivity contribution in [3.05, 3.63) is 55.4 Å². The first kappa shape index (κ1) is 24.3. The number of ether oxygens (including phenoxy) is 3. The molecule has 2 heterocycles. The smallest absolute Gasteiger partial charge is 0.348 e. The van der Waals surface area contributed by atoms with Gasteiger partial charge in [0.25, 0.3) is 17.5 Å². The number of hydrogen-bond donors (Lipinski definition) is 1. The summed E-state index contributed by atoms with van der Waals surface area (Å²) in [5.74, 6) is -4.19. The van der Waals surface area contributed by atoms with Crippen molar-refractivity contribution in [1.29, 1.82) is 0 Å². The van der Waals surface area contributed by atoms with Gasteiger partial charge in [-0.25, -0.2) is 9.59 Å². The van der Waals surface area contributed by atoms with Gasteiger partial charge in [0.15, 0.2) is 0 Å². The van der Waals surface area contributed by atoms with Gasteiger partial charge in [0.1, 0.15) is 27.6 Å². The minimum Gasteiger partial charge on any atom is -0.465 e. The van der Waals surface area contributed by atoms with Gasteiger partial charge in [-0.05, 0) is 6.07 Å². The summed E-state index contributed by atoms with van der Waals surface area (Å²) in [5.41, 5.74) is 4.66. The molecule has 0 unspecified atom stereocenters. The van der Waals surface area contributed by atoms with Gasteiger partial charge in [0.05, 0.1) is 31.1 Å². The molecule has 0 spiro atoms. The maximum Gasteiger partial charge on any atom is 0.348 e. The molecule has 0 saturated heterocycles. The summed E-state index contributed by atoms with van der Waals surface area (Å²) in [6, 6.07) is 3.67. The molecular weight excluding hydrogens is 474 g/mol. The van der Waals surface area contributed by atoms with Crippen molar-refractivity contribution in [2.75, 3.05) is 26.5 Å². The second kappa shape index (κ2) is 9.66. The van der Waals surface area contributed by atoms with Gasteiger partial charge in [-0.1, -0.05) is 6.07 Å². The summed E-state index contributed by atoms with van der Waals surface area (Å²) >= 11 is 0.759. The highest BCUT2D eigenvalue weighted by molar-refractivity contribution is 7.18. The van der Waals surface area contributed by atoms with Crippen LogP contribution in [0.5, 0.6) is 0 Å². The number of carbonyl (C=O) groups excluding carboxylic acids is 5. The molecule has 1 aromatic carbocycles. The van der Waals surface area contributed by atoms with Crippen LogP contribution in [0, 0.1) is 10.1 Å². The molecule has 2 aromatic rings. The van der Waals surface area contributed by atoms with Crippen molar-refractivity contribution in [1.82, 2.24) is 4.90 Å². The topological polar surface area (TPSA) is 185 Å². The van der Waals surface area contributed by atoms with Gasteiger partial charge in [0, 0.05) is 18.2 Å². The standard InChI is InChI=1S/C20H17N3O10S/c1-31-19(27)14-10(15(20(28)32-2)34-16(14)21)8-33-12(24)6-7-22-17(25)9-4-3-5-11(23(29)30)13(9)18(22)26/h3-5H,6-8,21H2,1-2H3. The van der Waals surface area contributed by atoms with Crippen molar-refractivity contribution in [2.45, 2.75) is 13.0 Å². The Kier molecular flexibility index (Phi) is 6.91. The summed E-state index contributed by atoms with van der Waals surface area (Å²) in [4.78, 5) is 72.5. The minimum atomic E-state index is -0.897. The molecule has 0 atom stereocenters. The highest BCUT2D eigenvalue weighted by Gasteiger charge is 2.41. The molecule has 0 aliphatic carbocycles. The van der Waals surface area contributed by atoms with E-state index in [2.05, 4.69) is 9.47 Å². The molecular formula is C20H17N3O10S.